The van der Waals surface area contributed by atoms with Crippen LogP contribution in [0.4, 0.5) is 4.79 Å². The molecule has 0 aromatic carbocycles. The van der Waals surface area contributed by atoms with Gasteiger partial charge < -0.3 is 9.47 Å². The van der Waals surface area contributed by atoms with Crippen LogP contribution in [0, 0.1) is 0 Å². The number of nitrogens with zero attached hydrogens (tertiary/aromatic N) is 1. The summed E-state index contributed by atoms with van der Waals surface area (Å²) >= 11 is 2.53. The Labute approximate surface area is 130 Å². The molecular formula is C12H16N2O5S2. The Bertz CT molecular complexity index is 518. The molecule has 116 valence electrons. The van der Waals surface area contributed by atoms with Crippen LogP contribution in [-0.4, -0.2) is 41.9 Å². The number of thioether (sulfide) groups is 1. The molecule has 1 rings (SSSR count). The number of carbonyl (C=O) groups excluding carboxylic acids is 3. The highest BCUT2D eigenvalue weighted by Gasteiger charge is 2.19. The summed E-state index contributed by atoms with van der Waals surface area (Å²) in [5, 5.41) is 3.32. The Morgan fingerprint density at radius 3 is 2.81 bits per heavy atom. The SMILES string of the molecule is CCOC(=O)Cc1csc(S[C@@H](C)C(=O)NC(=O)OC)n1. The Morgan fingerprint density at radius 1 is 1.48 bits per heavy atom. The largest absolute Gasteiger partial charge is 0.466 e. The molecule has 1 aromatic rings. The maximum absolute atomic E-state index is 11.7. The maximum atomic E-state index is 11.7. The third kappa shape index (κ3) is 6.13. The molecule has 1 aromatic heterocycles. The van der Waals surface area contributed by atoms with Crippen molar-refractivity contribution in [3.63, 3.8) is 0 Å². The maximum Gasteiger partial charge on any atom is 0.413 e. The van der Waals surface area contributed by atoms with Gasteiger partial charge in [-0.15, -0.1) is 11.3 Å². The van der Waals surface area contributed by atoms with Gasteiger partial charge in [-0.3, -0.25) is 14.9 Å². The molecule has 2 amide bonds. The molecule has 21 heavy (non-hydrogen) atoms. The van der Waals surface area contributed by atoms with Gasteiger partial charge in [0, 0.05) is 5.38 Å². The highest BCUT2D eigenvalue weighted by molar-refractivity contribution is 8.02. The number of methoxy groups -OCH3 is 1. The minimum atomic E-state index is -0.797. The second-order valence-corrected chi connectivity index (χ2v) is 6.27. The van der Waals surface area contributed by atoms with E-state index in [-0.39, 0.29) is 12.4 Å². The van der Waals surface area contributed by atoms with Crippen molar-refractivity contribution in [3.8, 4) is 0 Å². The molecule has 0 saturated heterocycles. The summed E-state index contributed by atoms with van der Waals surface area (Å²) in [6.07, 6.45) is -0.692. The summed E-state index contributed by atoms with van der Waals surface area (Å²) in [7, 11) is 1.18. The van der Waals surface area contributed by atoms with E-state index in [1.807, 2.05) is 0 Å². The number of nitrogens with one attached hydrogen (secondary N) is 1. The summed E-state index contributed by atoms with van der Waals surface area (Å²) in [4.78, 5) is 38.2. The van der Waals surface area contributed by atoms with Gasteiger partial charge in [0.15, 0.2) is 4.34 Å². The molecule has 9 heteroatoms. The highest BCUT2D eigenvalue weighted by Crippen LogP contribution is 2.27. The Hall–Kier alpha value is -1.61. The summed E-state index contributed by atoms with van der Waals surface area (Å²) < 4.78 is 9.82. The van der Waals surface area contributed by atoms with Crippen LogP contribution >= 0.6 is 23.1 Å². The quantitative estimate of drug-likeness (QED) is 0.624. The molecule has 0 spiro atoms. The van der Waals surface area contributed by atoms with Crippen molar-refractivity contribution in [2.75, 3.05) is 13.7 Å². The molecule has 1 heterocycles. The van der Waals surface area contributed by atoms with Gasteiger partial charge in [-0.1, -0.05) is 11.8 Å². The van der Waals surface area contributed by atoms with E-state index >= 15 is 0 Å². The molecule has 0 aliphatic rings. The van der Waals surface area contributed by atoms with Crippen LogP contribution in [0.25, 0.3) is 0 Å². The number of carbonyl (C=O) groups is 3. The zero-order valence-electron chi connectivity index (χ0n) is 11.9. The van der Waals surface area contributed by atoms with Crippen molar-refractivity contribution < 1.29 is 23.9 Å². The topological polar surface area (TPSA) is 94.6 Å². The van der Waals surface area contributed by atoms with E-state index in [9.17, 15) is 14.4 Å². The van der Waals surface area contributed by atoms with E-state index in [0.29, 0.717) is 16.6 Å². The van der Waals surface area contributed by atoms with Crippen molar-refractivity contribution >= 4 is 41.1 Å². The Kier molecular flexibility index (Phi) is 7.17. The predicted molar refractivity (Wildman–Crippen MR) is 78.3 cm³/mol. The smallest absolute Gasteiger partial charge is 0.413 e. The fourth-order valence-electron chi connectivity index (χ4n) is 1.24. The molecule has 0 unspecified atom stereocenters. The van der Waals surface area contributed by atoms with E-state index in [4.69, 9.17) is 4.74 Å². The van der Waals surface area contributed by atoms with E-state index in [1.54, 1.807) is 19.2 Å². The first kappa shape index (κ1) is 17.4. The number of thiazole rings is 1. The highest BCUT2D eigenvalue weighted by atomic mass is 32.2. The lowest BCUT2D eigenvalue weighted by Crippen LogP contribution is -2.35. The minimum absolute atomic E-state index is 0.105. The molecule has 0 radical (unpaired) electrons. The molecule has 0 fully saturated rings. The molecule has 0 aliphatic heterocycles. The molecule has 7 nitrogen and oxygen atoms in total. The van der Waals surface area contributed by atoms with E-state index in [2.05, 4.69) is 15.0 Å². The Morgan fingerprint density at radius 2 is 2.19 bits per heavy atom. The zero-order chi connectivity index (χ0) is 15.8. The summed E-state index contributed by atoms with van der Waals surface area (Å²) in [5.74, 6) is -0.801. The molecule has 0 aliphatic carbocycles. The number of hydrogen-bond acceptors (Lipinski definition) is 8. The molecule has 0 bridgehead atoms. The average molecular weight is 332 g/mol. The van der Waals surface area contributed by atoms with Gasteiger partial charge in [-0.05, 0) is 13.8 Å². The van der Waals surface area contributed by atoms with Gasteiger partial charge in [-0.2, -0.15) is 0 Å². The van der Waals surface area contributed by atoms with Crippen LogP contribution in [0.5, 0.6) is 0 Å². The number of hydrogen-bond donors (Lipinski definition) is 1. The zero-order valence-corrected chi connectivity index (χ0v) is 13.5. The van der Waals surface area contributed by atoms with Gasteiger partial charge in [0.05, 0.1) is 31.1 Å². The average Bonchev–Trinajstić information content (AvgIpc) is 2.85. The summed E-state index contributed by atoms with van der Waals surface area (Å²) in [5.41, 5.74) is 0.599. The number of esters is 1. The summed E-state index contributed by atoms with van der Waals surface area (Å²) in [6.45, 7) is 3.71. The third-order valence-corrected chi connectivity index (χ3v) is 4.34. The van der Waals surface area contributed by atoms with Gasteiger partial charge >= 0.3 is 12.1 Å². The number of rotatable bonds is 6. The first-order chi connectivity index (χ1) is 9.96. The summed E-state index contributed by atoms with van der Waals surface area (Å²) in [6, 6.07) is 0. The van der Waals surface area contributed by atoms with Gasteiger partial charge in [-0.25, -0.2) is 9.78 Å². The van der Waals surface area contributed by atoms with E-state index in [0.717, 1.165) is 0 Å². The van der Waals surface area contributed by atoms with Crippen LogP contribution in [0.1, 0.15) is 19.5 Å². The second kappa shape index (κ2) is 8.63. The predicted octanol–water partition coefficient (Wildman–Crippen LogP) is 1.61. The molecule has 0 saturated carbocycles. The fraction of sp³-hybridized carbons (Fsp3) is 0.500. The van der Waals surface area contributed by atoms with Crippen molar-refractivity contribution in [2.24, 2.45) is 0 Å². The van der Waals surface area contributed by atoms with Crippen LogP contribution in [0.3, 0.4) is 0 Å². The van der Waals surface area contributed by atoms with Gasteiger partial charge in [0.1, 0.15) is 0 Å². The lowest BCUT2D eigenvalue weighted by Gasteiger charge is -2.08. The van der Waals surface area contributed by atoms with Crippen molar-refractivity contribution in [1.82, 2.24) is 10.3 Å². The molecular weight excluding hydrogens is 316 g/mol. The number of aromatic nitrogens is 1. The normalized spacial score (nSPS) is 11.6. The monoisotopic (exact) mass is 332 g/mol. The molecule has 1 N–H and O–H groups in total. The third-order valence-electron chi connectivity index (χ3n) is 2.22. The second-order valence-electron chi connectivity index (χ2n) is 3.83. The first-order valence-corrected chi connectivity index (χ1v) is 7.87. The van der Waals surface area contributed by atoms with E-state index in [1.165, 1.54) is 30.2 Å². The number of ether oxygens (including phenoxy) is 2. The number of imide groups is 1. The van der Waals surface area contributed by atoms with Crippen LogP contribution < -0.4 is 5.32 Å². The van der Waals surface area contributed by atoms with E-state index < -0.39 is 17.3 Å². The standard InChI is InChI=1S/C12H16N2O5S2/c1-4-19-9(15)5-8-6-20-12(13-8)21-7(2)10(16)14-11(17)18-3/h6-7H,4-5H2,1-3H3,(H,14,16,17)/t7-/m0/s1. The lowest BCUT2D eigenvalue weighted by atomic mass is 10.3. The first-order valence-electron chi connectivity index (χ1n) is 6.11. The van der Waals surface area contributed by atoms with Crippen molar-refractivity contribution in [2.45, 2.75) is 29.9 Å². The van der Waals surface area contributed by atoms with Crippen molar-refractivity contribution in [1.29, 1.82) is 0 Å². The van der Waals surface area contributed by atoms with Gasteiger partial charge in [0.2, 0.25) is 5.91 Å². The molecule has 1 atom stereocenters. The fourth-order valence-corrected chi connectivity index (χ4v) is 3.22. The van der Waals surface area contributed by atoms with Gasteiger partial charge in [0.25, 0.3) is 0 Å². The van der Waals surface area contributed by atoms with Crippen LogP contribution in [0.15, 0.2) is 9.72 Å². The van der Waals surface area contributed by atoms with Crippen molar-refractivity contribution in [3.05, 3.63) is 11.1 Å². The lowest BCUT2D eigenvalue weighted by molar-refractivity contribution is -0.142. The number of alkyl carbamates (subject to hydrolysis) is 1. The van der Waals surface area contributed by atoms with Crippen LogP contribution in [0.2, 0.25) is 0 Å². The Balaban J connectivity index is 2.52. The van der Waals surface area contributed by atoms with Crippen LogP contribution in [-0.2, 0) is 25.5 Å². The number of amides is 2. The minimum Gasteiger partial charge on any atom is -0.466 e.